The van der Waals surface area contributed by atoms with Crippen molar-refractivity contribution in [2.75, 3.05) is 30.8 Å². The molecule has 0 bridgehead atoms. The van der Waals surface area contributed by atoms with Crippen LogP contribution in [0.5, 0.6) is 0 Å². The molecule has 0 amide bonds. The van der Waals surface area contributed by atoms with E-state index in [9.17, 15) is 0 Å². The second kappa shape index (κ2) is 5.09. The first-order valence-electron chi connectivity index (χ1n) is 6.74. The Morgan fingerprint density at radius 3 is 2.95 bits per heavy atom. The summed E-state index contributed by atoms with van der Waals surface area (Å²) in [4.78, 5) is 10.9. The van der Waals surface area contributed by atoms with Gasteiger partial charge in [-0.15, -0.1) is 0 Å². The molecule has 1 aliphatic rings. The standard InChI is InChI=1S/C13H19N7/c1-8-10(6-16-19-8)11-5-12(18-13(14)17-11)20-4-3-9(7-20)15-2/h5-6,9,15H,3-4,7H2,1-2H3,(H,16,19)(H2,14,17,18)/t9-/m1/s1. The zero-order valence-corrected chi connectivity index (χ0v) is 11.7. The van der Waals surface area contributed by atoms with Gasteiger partial charge < -0.3 is 16.0 Å². The quantitative estimate of drug-likeness (QED) is 0.756. The maximum absolute atomic E-state index is 5.86. The SMILES string of the molecule is CN[C@@H]1CCN(c2cc(-c3cn[nH]c3C)nc(N)n2)C1. The molecule has 1 saturated heterocycles. The molecule has 7 nitrogen and oxygen atoms in total. The molecular formula is C13H19N7. The Bertz CT molecular complexity index is 607. The van der Waals surface area contributed by atoms with Crippen molar-refractivity contribution in [3.8, 4) is 11.3 Å². The maximum Gasteiger partial charge on any atom is 0.222 e. The average molecular weight is 273 g/mol. The Labute approximate surface area is 117 Å². The first kappa shape index (κ1) is 12.9. The van der Waals surface area contributed by atoms with E-state index >= 15 is 0 Å². The van der Waals surface area contributed by atoms with E-state index in [1.165, 1.54) is 0 Å². The number of hydrogen-bond acceptors (Lipinski definition) is 6. The van der Waals surface area contributed by atoms with Gasteiger partial charge in [-0.3, -0.25) is 5.10 Å². The van der Waals surface area contributed by atoms with Gasteiger partial charge in [0.1, 0.15) is 5.82 Å². The number of aryl methyl sites for hydroxylation is 1. The molecule has 2 aromatic rings. The van der Waals surface area contributed by atoms with Gasteiger partial charge in [0, 0.05) is 36.5 Å². The van der Waals surface area contributed by atoms with Gasteiger partial charge in [0.25, 0.3) is 0 Å². The summed E-state index contributed by atoms with van der Waals surface area (Å²) < 4.78 is 0. The molecule has 0 spiro atoms. The molecule has 0 aromatic carbocycles. The number of hydrogen-bond donors (Lipinski definition) is 3. The van der Waals surface area contributed by atoms with Crippen molar-refractivity contribution in [2.45, 2.75) is 19.4 Å². The minimum Gasteiger partial charge on any atom is -0.368 e. The molecule has 0 unspecified atom stereocenters. The molecule has 106 valence electrons. The van der Waals surface area contributed by atoms with E-state index < -0.39 is 0 Å². The third-order valence-electron chi connectivity index (χ3n) is 3.76. The molecule has 1 fully saturated rings. The average Bonchev–Trinajstić information content (AvgIpc) is 3.06. The Hall–Kier alpha value is -2.15. The smallest absolute Gasteiger partial charge is 0.222 e. The molecule has 2 aromatic heterocycles. The van der Waals surface area contributed by atoms with Crippen LogP contribution in [-0.4, -0.2) is 46.3 Å². The lowest BCUT2D eigenvalue weighted by Gasteiger charge is -2.18. The molecule has 0 radical (unpaired) electrons. The monoisotopic (exact) mass is 273 g/mol. The second-order valence-electron chi connectivity index (χ2n) is 5.10. The lowest BCUT2D eigenvalue weighted by molar-refractivity contribution is 0.616. The third-order valence-corrected chi connectivity index (χ3v) is 3.76. The summed E-state index contributed by atoms with van der Waals surface area (Å²) in [7, 11) is 1.99. The lowest BCUT2D eigenvalue weighted by Crippen LogP contribution is -2.30. The van der Waals surface area contributed by atoms with Crippen LogP contribution in [0.4, 0.5) is 11.8 Å². The van der Waals surface area contributed by atoms with Crippen LogP contribution < -0.4 is 16.0 Å². The Kier molecular flexibility index (Phi) is 3.27. The fraction of sp³-hybridized carbons (Fsp3) is 0.462. The molecule has 7 heteroatoms. The molecule has 0 saturated carbocycles. The van der Waals surface area contributed by atoms with E-state index in [1.807, 2.05) is 20.0 Å². The predicted molar refractivity (Wildman–Crippen MR) is 78.4 cm³/mol. The van der Waals surface area contributed by atoms with Gasteiger partial charge in [0.05, 0.1) is 11.9 Å². The van der Waals surface area contributed by atoms with Gasteiger partial charge in [-0.2, -0.15) is 10.1 Å². The molecule has 1 atom stereocenters. The fourth-order valence-corrected chi connectivity index (χ4v) is 2.57. The minimum absolute atomic E-state index is 0.297. The Balaban J connectivity index is 1.93. The zero-order valence-electron chi connectivity index (χ0n) is 11.7. The molecule has 4 N–H and O–H groups in total. The summed E-state index contributed by atoms with van der Waals surface area (Å²) in [6, 6.07) is 2.48. The number of anilines is 2. The predicted octanol–water partition coefficient (Wildman–Crippen LogP) is 0.555. The topological polar surface area (TPSA) is 95.8 Å². The summed E-state index contributed by atoms with van der Waals surface area (Å²) in [6.45, 7) is 3.88. The van der Waals surface area contributed by atoms with Gasteiger partial charge in [-0.05, 0) is 20.4 Å². The van der Waals surface area contributed by atoms with Gasteiger partial charge in [0.15, 0.2) is 0 Å². The van der Waals surface area contributed by atoms with Crippen molar-refractivity contribution >= 4 is 11.8 Å². The van der Waals surface area contributed by atoms with E-state index in [-0.39, 0.29) is 0 Å². The van der Waals surface area contributed by atoms with Crippen LogP contribution in [0.1, 0.15) is 12.1 Å². The molecule has 1 aliphatic heterocycles. The summed E-state index contributed by atoms with van der Waals surface area (Å²) in [5, 5.41) is 10.2. The Morgan fingerprint density at radius 1 is 1.45 bits per heavy atom. The number of nitrogen functional groups attached to an aromatic ring is 1. The highest BCUT2D eigenvalue weighted by atomic mass is 15.2. The molecular weight excluding hydrogens is 254 g/mol. The van der Waals surface area contributed by atoms with Crippen molar-refractivity contribution in [1.82, 2.24) is 25.5 Å². The number of aromatic amines is 1. The maximum atomic E-state index is 5.86. The largest absolute Gasteiger partial charge is 0.368 e. The van der Waals surface area contributed by atoms with Crippen molar-refractivity contribution < 1.29 is 0 Å². The fourth-order valence-electron chi connectivity index (χ4n) is 2.57. The van der Waals surface area contributed by atoms with Crippen LogP contribution in [0.25, 0.3) is 11.3 Å². The normalized spacial score (nSPS) is 18.7. The summed E-state index contributed by atoms with van der Waals surface area (Å²) in [5.41, 5.74) is 8.61. The second-order valence-corrected chi connectivity index (χ2v) is 5.10. The van der Waals surface area contributed by atoms with E-state index in [0.717, 1.165) is 42.3 Å². The number of aromatic nitrogens is 4. The summed E-state index contributed by atoms with van der Waals surface area (Å²) in [5.74, 6) is 1.18. The van der Waals surface area contributed by atoms with E-state index in [1.54, 1.807) is 6.20 Å². The van der Waals surface area contributed by atoms with Gasteiger partial charge in [-0.1, -0.05) is 0 Å². The first-order chi connectivity index (χ1) is 9.67. The van der Waals surface area contributed by atoms with Crippen LogP contribution in [0.2, 0.25) is 0 Å². The lowest BCUT2D eigenvalue weighted by atomic mass is 10.2. The number of H-pyrrole nitrogens is 1. The van der Waals surface area contributed by atoms with Crippen molar-refractivity contribution in [3.05, 3.63) is 18.0 Å². The van der Waals surface area contributed by atoms with Crippen LogP contribution in [0, 0.1) is 6.92 Å². The van der Waals surface area contributed by atoms with Crippen molar-refractivity contribution in [2.24, 2.45) is 0 Å². The highest BCUT2D eigenvalue weighted by molar-refractivity contribution is 5.65. The first-order valence-corrected chi connectivity index (χ1v) is 6.74. The highest BCUT2D eigenvalue weighted by Crippen LogP contribution is 2.26. The van der Waals surface area contributed by atoms with Crippen molar-refractivity contribution in [1.29, 1.82) is 0 Å². The molecule has 3 rings (SSSR count). The van der Waals surface area contributed by atoms with Gasteiger partial charge >= 0.3 is 0 Å². The van der Waals surface area contributed by atoms with Crippen LogP contribution >= 0.6 is 0 Å². The van der Waals surface area contributed by atoms with Crippen LogP contribution in [0.15, 0.2) is 12.3 Å². The summed E-state index contributed by atoms with van der Waals surface area (Å²) in [6.07, 6.45) is 2.88. The number of nitrogens with two attached hydrogens (primary N) is 1. The Morgan fingerprint density at radius 2 is 2.30 bits per heavy atom. The molecule has 3 heterocycles. The number of nitrogens with one attached hydrogen (secondary N) is 2. The highest BCUT2D eigenvalue weighted by Gasteiger charge is 2.23. The number of rotatable bonds is 3. The van der Waals surface area contributed by atoms with Crippen LogP contribution in [0.3, 0.4) is 0 Å². The molecule has 0 aliphatic carbocycles. The number of nitrogens with zero attached hydrogens (tertiary/aromatic N) is 4. The van der Waals surface area contributed by atoms with E-state index in [0.29, 0.717) is 12.0 Å². The van der Waals surface area contributed by atoms with Crippen LogP contribution in [-0.2, 0) is 0 Å². The van der Waals surface area contributed by atoms with E-state index in [4.69, 9.17) is 5.73 Å². The summed E-state index contributed by atoms with van der Waals surface area (Å²) >= 11 is 0. The van der Waals surface area contributed by atoms with E-state index in [2.05, 4.69) is 30.4 Å². The number of likely N-dealkylation sites (N-methyl/N-ethyl adjacent to an activating group) is 1. The minimum atomic E-state index is 0.297. The molecule has 20 heavy (non-hydrogen) atoms. The zero-order chi connectivity index (χ0) is 14.1. The van der Waals surface area contributed by atoms with Crippen molar-refractivity contribution in [3.63, 3.8) is 0 Å². The third kappa shape index (κ3) is 2.32. The van der Waals surface area contributed by atoms with Gasteiger partial charge in [0.2, 0.25) is 5.95 Å². The van der Waals surface area contributed by atoms with Gasteiger partial charge in [-0.25, -0.2) is 4.98 Å².